The maximum atomic E-state index is 12.6. The van der Waals surface area contributed by atoms with E-state index in [-0.39, 0.29) is 17.7 Å². The molecule has 0 spiro atoms. The molecule has 0 radical (unpaired) electrons. The molecule has 1 aromatic carbocycles. The van der Waals surface area contributed by atoms with E-state index >= 15 is 0 Å². The lowest BCUT2D eigenvalue weighted by Gasteiger charge is -2.16. The molecule has 30 heavy (non-hydrogen) atoms. The number of aryl methyl sites for hydroxylation is 1. The lowest BCUT2D eigenvalue weighted by Crippen LogP contribution is -2.27. The maximum absolute atomic E-state index is 12.6. The molecule has 1 N–H and O–H groups in total. The van der Waals surface area contributed by atoms with Crippen LogP contribution in [0.2, 0.25) is 0 Å². The Kier molecular flexibility index (Phi) is 4.94. The number of furan rings is 1. The molecule has 6 nitrogen and oxygen atoms in total. The van der Waals surface area contributed by atoms with Crippen LogP contribution in [0.5, 0.6) is 0 Å². The fourth-order valence-corrected chi connectivity index (χ4v) is 3.61. The summed E-state index contributed by atoms with van der Waals surface area (Å²) in [5.74, 6) is -0.254. The van der Waals surface area contributed by atoms with Gasteiger partial charge in [0.05, 0.1) is 30.5 Å². The Morgan fingerprint density at radius 1 is 1.13 bits per heavy atom. The fraction of sp³-hybridized carbons (Fsp3) is 0.292. The number of benzene rings is 1. The van der Waals surface area contributed by atoms with Gasteiger partial charge in [0.15, 0.2) is 0 Å². The zero-order chi connectivity index (χ0) is 21.5. The number of hydrogen-bond donors (Lipinski definition) is 1. The molecule has 0 fully saturated rings. The number of pyridine rings is 1. The standard InChI is InChI=1S/C24H24N2O4/c1-14-16-9-18-19(24(2,3)4)13-29-20(18)11-21(16)30-23(28)17(14)10-22(27)26-12-15-7-5-6-8-25-15/h5-9,11,13H,10,12H2,1-4H3,(H,26,27). The van der Waals surface area contributed by atoms with Crippen LogP contribution in [0.3, 0.4) is 0 Å². The predicted octanol–water partition coefficient (Wildman–Crippen LogP) is 4.40. The van der Waals surface area contributed by atoms with Crippen molar-refractivity contribution >= 4 is 27.8 Å². The molecule has 0 aliphatic carbocycles. The molecule has 0 aliphatic heterocycles. The molecular weight excluding hydrogens is 380 g/mol. The van der Waals surface area contributed by atoms with Gasteiger partial charge in [0.25, 0.3) is 0 Å². The molecular formula is C24H24N2O4. The maximum Gasteiger partial charge on any atom is 0.340 e. The Bertz CT molecular complexity index is 1290. The Balaban J connectivity index is 1.68. The van der Waals surface area contributed by atoms with Crippen molar-refractivity contribution in [3.8, 4) is 0 Å². The van der Waals surface area contributed by atoms with Gasteiger partial charge in [-0.25, -0.2) is 4.79 Å². The Morgan fingerprint density at radius 2 is 1.93 bits per heavy atom. The van der Waals surface area contributed by atoms with E-state index in [0.29, 0.717) is 23.3 Å². The highest BCUT2D eigenvalue weighted by molar-refractivity contribution is 5.97. The molecule has 3 heterocycles. The van der Waals surface area contributed by atoms with Crippen LogP contribution in [0.15, 0.2) is 56.4 Å². The van der Waals surface area contributed by atoms with Crippen LogP contribution < -0.4 is 10.9 Å². The highest BCUT2D eigenvalue weighted by Crippen LogP contribution is 2.35. The minimum Gasteiger partial charge on any atom is -0.464 e. The molecule has 3 aromatic heterocycles. The molecule has 0 bridgehead atoms. The number of hydrogen-bond acceptors (Lipinski definition) is 5. The molecule has 0 saturated carbocycles. The number of carbonyl (C=O) groups is 1. The van der Waals surface area contributed by atoms with Crippen molar-refractivity contribution in [3.05, 3.63) is 75.6 Å². The van der Waals surface area contributed by atoms with Gasteiger partial charge < -0.3 is 14.2 Å². The summed E-state index contributed by atoms with van der Waals surface area (Å²) < 4.78 is 11.2. The molecule has 6 heteroatoms. The Labute approximate surface area is 173 Å². The van der Waals surface area contributed by atoms with Crippen molar-refractivity contribution in [3.63, 3.8) is 0 Å². The molecule has 0 atom stereocenters. The van der Waals surface area contributed by atoms with E-state index in [0.717, 1.165) is 27.6 Å². The van der Waals surface area contributed by atoms with Crippen molar-refractivity contribution in [2.45, 2.75) is 46.1 Å². The number of aromatic nitrogens is 1. The molecule has 1 amide bonds. The summed E-state index contributed by atoms with van der Waals surface area (Å²) in [5.41, 5.74) is 3.49. The summed E-state index contributed by atoms with van der Waals surface area (Å²) in [4.78, 5) is 29.2. The van der Waals surface area contributed by atoms with E-state index in [1.807, 2.05) is 31.2 Å². The van der Waals surface area contributed by atoms with Crippen LogP contribution in [0, 0.1) is 6.92 Å². The monoisotopic (exact) mass is 404 g/mol. The average molecular weight is 404 g/mol. The third kappa shape index (κ3) is 3.73. The van der Waals surface area contributed by atoms with Gasteiger partial charge in [0, 0.05) is 28.6 Å². The van der Waals surface area contributed by atoms with Gasteiger partial charge in [-0.2, -0.15) is 0 Å². The van der Waals surface area contributed by atoms with E-state index in [9.17, 15) is 9.59 Å². The van der Waals surface area contributed by atoms with E-state index in [4.69, 9.17) is 8.83 Å². The largest absolute Gasteiger partial charge is 0.464 e. The highest BCUT2D eigenvalue weighted by Gasteiger charge is 2.22. The van der Waals surface area contributed by atoms with Gasteiger partial charge in [-0.1, -0.05) is 26.8 Å². The minimum atomic E-state index is -0.505. The summed E-state index contributed by atoms with van der Waals surface area (Å²) in [7, 11) is 0. The van der Waals surface area contributed by atoms with Crippen molar-refractivity contribution in [2.75, 3.05) is 0 Å². The predicted molar refractivity (Wildman–Crippen MR) is 115 cm³/mol. The second-order valence-electron chi connectivity index (χ2n) is 8.51. The number of nitrogens with zero attached hydrogens (tertiary/aromatic N) is 1. The van der Waals surface area contributed by atoms with Crippen molar-refractivity contribution in [1.29, 1.82) is 0 Å². The number of nitrogens with one attached hydrogen (secondary N) is 1. The number of rotatable bonds is 4. The van der Waals surface area contributed by atoms with Gasteiger partial charge in [0.2, 0.25) is 5.91 Å². The van der Waals surface area contributed by atoms with Gasteiger partial charge in [0.1, 0.15) is 11.2 Å². The van der Waals surface area contributed by atoms with Crippen molar-refractivity contribution in [2.24, 2.45) is 0 Å². The summed E-state index contributed by atoms with van der Waals surface area (Å²) in [6.45, 7) is 8.52. The summed E-state index contributed by atoms with van der Waals surface area (Å²) in [5, 5.41) is 4.60. The van der Waals surface area contributed by atoms with Crippen LogP contribution in [-0.2, 0) is 23.2 Å². The molecule has 0 saturated heterocycles. The van der Waals surface area contributed by atoms with E-state index in [2.05, 4.69) is 31.1 Å². The summed E-state index contributed by atoms with van der Waals surface area (Å²) in [6.07, 6.45) is 3.38. The summed E-state index contributed by atoms with van der Waals surface area (Å²) in [6, 6.07) is 9.25. The van der Waals surface area contributed by atoms with Gasteiger partial charge >= 0.3 is 5.63 Å². The van der Waals surface area contributed by atoms with E-state index in [1.54, 1.807) is 18.5 Å². The zero-order valence-corrected chi connectivity index (χ0v) is 17.5. The first-order valence-electron chi connectivity index (χ1n) is 9.88. The summed E-state index contributed by atoms with van der Waals surface area (Å²) >= 11 is 0. The molecule has 4 aromatic rings. The Hall–Kier alpha value is -3.41. The smallest absolute Gasteiger partial charge is 0.340 e. The van der Waals surface area contributed by atoms with Crippen LogP contribution in [0.1, 0.15) is 43.2 Å². The number of amides is 1. The molecule has 0 aliphatic rings. The van der Waals surface area contributed by atoms with Crippen molar-refractivity contribution in [1.82, 2.24) is 10.3 Å². The first-order chi connectivity index (χ1) is 14.2. The highest BCUT2D eigenvalue weighted by atomic mass is 16.4. The minimum absolute atomic E-state index is 0.0491. The van der Waals surface area contributed by atoms with Gasteiger partial charge in [-0.05, 0) is 36.1 Å². The molecule has 4 rings (SSSR count). The average Bonchev–Trinajstić information content (AvgIpc) is 3.12. The van der Waals surface area contributed by atoms with Gasteiger partial charge in [-0.15, -0.1) is 0 Å². The van der Waals surface area contributed by atoms with E-state index < -0.39 is 5.63 Å². The second-order valence-corrected chi connectivity index (χ2v) is 8.51. The van der Waals surface area contributed by atoms with Crippen LogP contribution >= 0.6 is 0 Å². The SMILES string of the molecule is Cc1c(CC(=O)NCc2ccccn2)c(=O)oc2cc3occ(C(C)(C)C)c3cc12. The normalized spacial score (nSPS) is 11.9. The lowest BCUT2D eigenvalue weighted by atomic mass is 9.86. The first kappa shape index (κ1) is 19.9. The molecule has 154 valence electrons. The van der Waals surface area contributed by atoms with Crippen LogP contribution in [-0.4, -0.2) is 10.9 Å². The second kappa shape index (κ2) is 7.44. The third-order valence-electron chi connectivity index (χ3n) is 5.32. The first-order valence-corrected chi connectivity index (χ1v) is 9.88. The lowest BCUT2D eigenvalue weighted by molar-refractivity contribution is -0.120. The number of carbonyl (C=O) groups excluding carboxylic acids is 1. The van der Waals surface area contributed by atoms with Crippen molar-refractivity contribution < 1.29 is 13.6 Å². The quantitative estimate of drug-likeness (QED) is 0.510. The van der Waals surface area contributed by atoms with Gasteiger partial charge in [-0.3, -0.25) is 9.78 Å². The topological polar surface area (TPSA) is 85.3 Å². The van der Waals surface area contributed by atoms with Crippen LogP contribution in [0.25, 0.3) is 21.9 Å². The molecule has 0 unspecified atom stereocenters. The third-order valence-corrected chi connectivity index (χ3v) is 5.32. The van der Waals surface area contributed by atoms with Crippen LogP contribution in [0.4, 0.5) is 0 Å². The zero-order valence-electron chi connectivity index (χ0n) is 17.5. The van der Waals surface area contributed by atoms with E-state index in [1.165, 1.54) is 0 Å². The fourth-order valence-electron chi connectivity index (χ4n) is 3.61. The Morgan fingerprint density at radius 3 is 2.63 bits per heavy atom. The number of fused-ring (bicyclic) bond motifs is 2.